The van der Waals surface area contributed by atoms with Crippen LogP contribution in [0.15, 0.2) is 10.5 Å². The van der Waals surface area contributed by atoms with Gasteiger partial charge in [-0.1, -0.05) is 0 Å². The summed E-state index contributed by atoms with van der Waals surface area (Å²) < 4.78 is 10.7. The summed E-state index contributed by atoms with van der Waals surface area (Å²) in [5.41, 5.74) is 1.75. The second-order valence-corrected chi connectivity index (χ2v) is 7.63. The predicted octanol–water partition coefficient (Wildman–Crippen LogP) is 3.83. The second-order valence-electron chi connectivity index (χ2n) is 6.40. The summed E-state index contributed by atoms with van der Waals surface area (Å²) in [6.07, 6.45) is 2.10. The monoisotopic (exact) mass is 348 g/mol. The Kier molecular flexibility index (Phi) is 5.06. The Morgan fingerprint density at radius 3 is 2.92 bits per heavy atom. The van der Waals surface area contributed by atoms with E-state index in [9.17, 15) is 4.79 Å². The summed E-state index contributed by atoms with van der Waals surface area (Å²) in [6, 6.07) is 1.81. The Bertz CT molecular complexity index is 715. The number of rotatable bonds is 4. The van der Waals surface area contributed by atoms with Crippen LogP contribution >= 0.6 is 11.3 Å². The summed E-state index contributed by atoms with van der Waals surface area (Å²) in [4.78, 5) is 20.8. The van der Waals surface area contributed by atoms with E-state index in [-0.39, 0.29) is 5.91 Å². The molecule has 2 aromatic rings. The molecule has 1 atom stereocenters. The van der Waals surface area contributed by atoms with Gasteiger partial charge in [-0.15, -0.1) is 11.3 Å². The highest BCUT2D eigenvalue weighted by molar-refractivity contribution is 7.11. The molecule has 0 unspecified atom stereocenters. The third kappa shape index (κ3) is 3.39. The van der Waals surface area contributed by atoms with Crippen LogP contribution in [0, 0.1) is 20.8 Å². The Balaban J connectivity index is 1.75. The molecule has 1 amide bonds. The average molecular weight is 348 g/mol. The first-order valence-electron chi connectivity index (χ1n) is 8.31. The number of amides is 1. The van der Waals surface area contributed by atoms with Gasteiger partial charge in [0.15, 0.2) is 0 Å². The van der Waals surface area contributed by atoms with Gasteiger partial charge in [-0.05, 0) is 39.7 Å². The van der Waals surface area contributed by atoms with Crippen molar-refractivity contribution >= 4 is 17.2 Å². The number of ether oxygens (including phenoxy) is 1. The van der Waals surface area contributed by atoms with Gasteiger partial charge in [-0.2, -0.15) is 0 Å². The maximum absolute atomic E-state index is 12.9. The van der Waals surface area contributed by atoms with Crippen LogP contribution < -0.4 is 0 Å². The van der Waals surface area contributed by atoms with Crippen LogP contribution in [0.2, 0.25) is 0 Å². The number of carbonyl (C=O) groups excluding carboxylic acids is 1. The topological polar surface area (TPSA) is 55.6 Å². The maximum Gasteiger partial charge on any atom is 0.257 e. The van der Waals surface area contributed by atoms with E-state index in [0.717, 1.165) is 36.6 Å². The van der Waals surface area contributed by atoms with Gasteiger partial charge in [-0.25, -0.2) is 4.98 Å². The fourth-order valence-corrected chi connectivity index (χ4v) is 4.22. The number of likely N-dealkylation sites (tertiary alicyclic amines) is 1. The molecule has 1 aliphatic rings. The van der Waals surface area contributed by atoms with Crippen molar-refractivity contribution in [2.75, 3.05) is 20.2 Å². The fraction of sp³-hybridized carbons (Fsp3) is 0.556. The number of nitrogens with zero attached hydrogens (tertiary/aromatic N) is 2. The van der Waals surface area contributed by atoms with Crippen LogP contribution in [0.5, 0.6) is 0 Å². The molecule has 0 saturated carbocycles. The minimum absolute atomic E-state index is 0.0494. The number of piperidine rings is 1. The van der Waals surface area contributed by atoms with E-state index in [2.05, 4.69) is 6.92 Å². The van der Waals surface area contributed by atoms with Crippen molar-refractivity contribution in [3.8, 4) is 0 Å². The van der Waals surface area contributed by atoms with E-state index in [0.29, 0.717) is 29.6 Å². The van der Waals surface area contributed by atoms with Gasteiger partial charge in [0.1, 0.15) is 18.1 Å². The van der Waals surface area contributed by atoms with Crippen molar-refractivity contribution in [1.29, 1.82) is 0 Å². The summed E-state index contributed by atoms with van der Waals surface area (Å²) >= 11 is 1.76. The van der Waals surface area contributed by atoms with Crippen LogP contribution in [0.25, 0.3) is 0 Å². The molecule has 5 nitrogen and oxygen atoms in total. The molecule has 2 aromatic heterocycles. The largest absolute Gasteiger partial charge is 0.463 e. The summed E-state index contributed by atoms with van der Waals surface area (Å²) in [5.74, 6) is 1.74. The fourth-order valence-electron chi connectivity index (χ4n) is 3.18. The van der Waals surface area contributed by atoms with Crippen molar-refractivity contribution in [2.45, 2.75) is 46.1 Å². The number of thiazole rings is 1. The lowest BCUT2D eigenvalue weighted by Crippen LogP contribution is -2.39. The van der Waals surface area contributed by atoms with E-state index in [1.807, 2.05) is 24.8 Å². The van der Waals surface area contributed by atoms with Crippen molar-refractivity contribution in [3.63, 3.8) is 0 Å². The first-order valence-corrected chi connectivity index (χ1v) is 9.12. The molecule has 0 aromatic carbocycles. The smallest absolute Gasteiger partial charge is 0.257 e. The number of furan rings is 1. The molecule has 6 heteroatoms. The third-order valence-electron chi connectivity index (χ3n) is 4.59. The zero-order valence-corrected chi connectivity index (χ0v) is 15.5. The van der Waals surface area contributed by atoms with Gasteiger partial charge in [0.25, 0.3) is 5.91 Å². The maximum atomic E-state index is 12.9. The molecule has 1 aliphatic heterocycles. The van der Waals surface area contributed by atoms with Crippen molar-refractivity contribution < 1.29 is 13.9 Å². The lowest BCUT2D eigenvalue weighted by Gasteiger charge is -2.31. The molecular formula is C18H24N2O3S. The van der Waals surface area contributed by atoms with E-state index in [1.54, 1.807) is 18.4 Å². The third-order valence-corrected chi connectivity index (χ3v) is 5.82. The Hall–Kier alpha value is -1.66. The number of aromatic nitrogens is 1. The van der Waals surface area contributed by atoms with Crippen LogP contribution in [0.3, 0.4) is 0 Å². The van der Waals surface area contributed by atoms with Crippen LogP contribution in [0.4, 0.5) is 0 Å². The zero-order valence-electron chi connectivity index (χ0n) is 14.7. The van der Waals surface area contributed by atoms with Crippen molar-refractivity contribution in [1.82, 2.24) is 9.88 Å². The summed E-state index contributed by atoms with van der Waals surface area (Å²) in [5, 5.41) is 1.16. The molecule has 0 aliphatic carbocycles. The Morgan fingerprint density at radius 2 is 2.25 bits per heavy atom. The van der Waals surface area contributed by atoms with E-state index in [1.165, 1.54) is 4.88 Å². The first-order chi connectivity index (χ1) is 11.5. The minimum Gasteiger partial charge on any atom is -0.463 e. The molecule has 0 N–H and O–H groups in total. The summed E-state index contributed by atoms with van der Waals surface area (Å²) in [7, 11) is 1.62. The normalized spacial score (nSPS) is 18.2. The molecule has 0 radical (unpaired) electrons. The van der Waals surface area contributed by atoms with Gasteiger partial charge >= 0.3 is 0 Å². The SMILES string of the molecule is COCc1cc(C(=O)N2CCC[C@@H](c3nc(C)c(C)s3)C2)c(C)o1. The molecular weight excluding hydrogens is 324 g/mol. The van der Waals surface area contributed by atoms with Crippen molar-refractivity contribution in [2.24, 2.45) is 0 Å². The molecule has 130 valence electrons. The lowest BCUT2D eigenvalue weighted by molar-refractivity contribution is 0.0705. The average Bonchev–Trinajstić information content (AvgIpc) is 3.10. The van der Waals surface area contributed by atoms with Crippen LogP contribution in [0.1, 0.15) is 56.2 Å². The number of hydrogen-bond donors (Lipinski definition) is 0. The van der Waals surface area contributed by atoms with Gasteiger partial charge in [0.2, 0.25) is 0 Å². The molecule has 0 spiro atoms. The number of aryl methyl sites for hydroxylation is 3. The van der Waals surface area contributed by atoms with Gasteiger partial charge in [0, 0.05) is 31.0 Å². The van der Waals surface area contributed by atoms with Crippen LogP contribution in [-0.4, -0.2) is 36.0 Å². The van der Waals surface area contributed by atoms with Gasteiger partial charge in [-0.3, -0.25) is 4.79 Å². The standard InChI is InChI=1S/C18H24N2O3S/c1-11-13(3)24-17(19-11)14-6-5-7-20(9-14)18(21)16-8-15(10-22-4)23-12(16)2/h8,14H,5-7,9-10H2,1-4H3/t14-/m1/s1. The Morgan fingerprint density at radius 1 is 1.46 bits per heavy atom. The zero-order chi connectivity index (χ0) is 17.3. The van der Waals surface area contributed by atoms with Crippen LogP contribution in [-0.2, 0) is 11.3 Å². The molecule has 3 rings (SSSR count). The molecule has 1 fully saturated rings. The lowest BCUT2D eigenvalue weighted by atomic mass is 9.98. The molecule has 0 bridgehead atoms. The highest BCUT2D eigenvalue weighted by Gasteiger charge is 2.29. The predicted molar refractivity (Wildman–Crippen MR) is 93.6 cm³/mol. The highest BCUT2D eigenvalue weighted by atomic mass is 32.1. The number of methoxy groups -OCH3 is 1. The van der Waals surface area contributed by atoms with Gasteiger partial charge < -0.3 is 14.1 Å². The minimum atomic E-state index is 0.0494. The number of hydrogen-bond acceptors (Lipinski definition) is 5. The number of carbonyl (C=O) groups is 1. The van der Waals surface area contributed by atoms with E-state index < -0.39 is 0 Å². The summed E-state index contributed by atoms with van der Waals surface area (Å²) in [6.45, 7) is 7.90. The first kappa shape index (κ1) is 17.2. The van der Waals surface area contributed by atoms with E-state index >= 15 is 0 Å². The second kappa shape index (κ2) is 7.07. The molecule has 3 heterocycles. The molecule has 24 heavy (non-hydrogen) atoms. The Labute approximate surface area is 146 Å². The molecule has 1 saturated heterocycles. The van der Waals surface area contributed by atoms with Crippen molar-refractivity contribution in [3.05, 3.63) is 38.7 Å². The quantitative estimate of drug-likeness (QED) is 0.843. The highest BCUT2D eigenvalue weighted by Crippen LogP contribution is 2.32. The van der Waals surface area contributed by atoms with E-state index in [4.69, 9.17) is 14.1 Å². The van der Waals surface area contributed by atoms with Gasteiger partial charge in [0.05, 0.1) is 16.3 Å².